The maximum atomic E-state index is 10.8. The number of aromatic nitrogens is 2. The number of carbonyl (C=O) groups excluding carboxylic acids is 1. The minimum atomic E-state index is 0.0216. The van der Waals surface area contributed by atoms with Crippen LogP contribution in [-0.4, -0.2) is 28.5 Å². The Hall–Kier alpha value is -1.36. The Kier molecular flexibility index (Phi) is 3.24. The number of aryl methyl sites for hydroxylation is 1. The maximum absolute atomic E-state index is 10.8. The molecule has 0 aliphatic carbocycles. The highest BCUT2D eigenvalue weighted by atomic mass is 16.1. The fourth-order valence-electron chi connectivity index (χ4n) is 2.15. The molecule has 2 heterocycles. The van der Waals surface area contributed by atoms with Gasteiger partial charge in [-0.1, -0.05) is 0 Å². The van der Waals surface area contributed by atoms with Crippen molar-refractivity contribution >= 4 is 5.91 Å². The van der Waals surface area contributed by atoms with Gasteiger partial charge >= 0.3 is 0 Å². The van der Waals surface area contributed by atoms with E-state index in [4.69, 9.17) is 0 Å². The van der Waals surface area contributed by atoms with Crippen molar-refractivity contribution < 1.29 is 4.79 Å². The van der Waals surface area contributed by atoms with Gasteiger partial charge in [-0.15, -0.1) is 0 Å². The van der Waals surface area contributed by atoms with Crippen molar-refractivity contribution in [1.82, 2.24) is 20.2 Å². The SMILES string of the molecule is CC(=O)NCCn1c(C)nc2c1CCNC2. The van der Waals surface area contributed by atoms with E-state index in [9.17, 15) is 4.79 Å². The highest BCUT2D eigenvalue weighted by molar-refractivity contribution is 5.72. The Balaban J connectivity index is 2.07. The molecule has 0 radical (unpaired) electrons. The lowest BCUT2D eigenvalue weighted by atomic mass is 10.2. The van der Waals surface area contributed by atoms with E-state index in [-0.39, 0.29) is 5.91 Å². The molecule has 0 spiro atoms. The van der Waals surface area contributed by atoms with Crippen LogP contribution in [0.5, 0.6) is 0 Å². The van der Waals surface area contributed by atoms with E-state index in [2.05, 4.69) is 20.2 Å². The van der Waals surface area contributed by atoms with E-state index in [0.29, 0.717) is 6.54 Å². The summed E-state index contributed by atoms with van der Waals surface area (Å²) in [7, 11) is 0. The predicted octanol–water partition coefficient (Wildman–Crippen LogP) is -0.0267. The number of nitrogens with zero attached hydrogens (tertiary/aromatic N) is 2. The Labute approximate surface area is 95.2 Å². The van der Waals surface area contributed by atoms with Gasteiger partial charge in [-0.2, -0.15) is 0 Å². The Morgan fingerprint density at radius 3 is 3.19 bits per heavy atom. The molecule has 0 fully saturated rings. The molecule has 1 amide bonds. The molecular weight excluding hydrogens is 204 g/mol. The van der Waals surface area contributed by atoms with Gasteiger partial charge in [0.25, 0.3) is 0 Å². The summed E-state index contributed by atoms with van der Waals surface area (Å²) >= 11 is 0. The first-order valence-corrected chi connectivity index (χ1v) is 5.68. The molecule has 16 heavy (non-hydrogen) atoms. The number of rotatable bonds is 3. The summed E-state index contributed by atoms with van der Waals surface area (Å²) in [6, 6.07) is 0. The van der Waals surface area contributed by atoms with Gasteiger partial charge in [-0.25, -0.2) is 4.98 Å². The van der Waals surface area contributed by atoms with Crippen LogP contribution in [0.1, 0.15) is 24.1 Å². The fraction of sp³-hybridized carbons (Fsp3) is 0.636. The van der Waals surface area contributed by atoms with E-state index in [1.165, 1.54) is 5.69 Å². The number of fused-ring (bicyclic) bond motifs is 1. The number of hydrogen-bond acceptors (Lipinski definition) is 3. The lowest BCUT2D eigenvalue weighted by Crippen LogP contribution is -2.28. The Bertz CT molecular complexity index is 397. The second-order valence-electron chi connectivity index (χ2n) is 4.11. The quantitative estimate of drug-likeness (QED) is 0.755. The van der Waals surface area contributed by atoms with E-state index in [1.807, 2.05) is 6.92 Å². The zero-order valence-electron chi connectivity index (χ0n) is 9.84. The molecule has 1 aliphatic rings. The summed E-state index contributed by atoms with van der Waals surface area (Å²) in [5.41, 5.74) is 2.48. The van der Waals surface area contributed by atoms with Gasteiger partial charge in [0.2, 0.25) is 5.91 Å². The third kappa shape index (κ3) is 2.24. The van der Waals surface area contributed by atoms with Crippen molar-refractivity contribution in [2.24, 2.45) is 0 Å². The van der Waals surface area contributed by atoms with Crippen LogP contribution in [0.15, 0.2) is 0 Å². The summed E-state index contributed by atoms with van der Waals surface area (Å²) in [6.07, 6.45) is 1.02. The normalized spacial score (nSPS) is 14.6. The summed E-state index contributed by atoms with van der Waals surface area (Å²) in [5, 5.41) is 6.12. The van der Waals surface area contributed by atoms with Crippen LogP contribution in [0.2, 0.25) is 0 Å². The Morgan fingerprint density at radius 1 is 1.62 bits per heavy atom. The molecular formula is C11H18N4O. The number of carbonyl (C=O) groups is 1. The van der Waals surface area contributed by atoms with Crippen molar-refractivity contribution in [2.75, 3.05) is 13.1 Å². The molecule has 1 aliphatic heterocycles. The lowest BCUT2D eigenvalue weighted by Gasteiger charge is -2.15. The van der Waals surface area contributed by atoms with Gasteiger partial charge in [-0.3, -0.25) is 4.79 Å². The molecule has 0 saturated carbocycles. The summed E-state index contributed by atoms with van der Waals surface area (Å²) in [4.78, 5) is 15.3. The predicted molar refractivity (Wildman–Crippen MR) is 61.1 cm³/mol. The van der Waals surface area contributed by atoms with Gasteiger partial charge in [0.1, 0.15) is 5.82 Å². The first kappa shape index (κ1) is 11.1. The van der Waals surface area contributed by atoms with Crippen LogP contribution in [0.3, 0.4) is 0 Å². The minimum Gasteiger partial charge on any atom is -0.355 e. The third-order valence-corrected chi connectivity index (χ3v) is 2.89. The standard InChI is InChI=1S/C11H18N4O/c1-8-14-10-7-12-4-3-11(10)15(8)6-5-13-9(2)16/h12H,3-7H2,1-2H3,(H,13,16). The first-order chi connectivity index (χ1) is 7.68. The second kappa shape index (κ2) is 4.65. The maximum Gasteiger partial charge on any atom is 0.216 e. The fourth-order valence-corrected chi connectivity index (χ4v) is 2.15. The van der Waals surface area contributed by atoms with Crippen LogP contribution in [0.25, 0.3) is 0 Å². The number of hydrogen-bond donors (Lipinski definition) is 2. The minimum absolute atomic E-state index is 0.0216. The van der Waals surface area contributed by atoms with Crippen molar-refractivity contribution in [3.8, 4) is 0 Å². The molecule has 0 bridgehead atoms. The zero-order valence-corrected chi connectivity index (χ0v) is 9.84. The van der Waals surface area contributed by atoms with Crippen LogP contribution in [0, 0.1) is 6.92 Å². The smallest absolute Gasteiger partial charge is 0.216 e. The highest BCUT2D eigenvalue weighted by Gasteiger charge is 2.17. The molecule has 5 heteroatoms. The van der Waals surface area contributed by atoms with Gasteiger partial charge in [-0.05, 0) is 6.92 Å². The summed E-state index contributed by atoms with van der Waals surface area (Å²) in [5.74, 6) is 1.06. The largest absolute Gasteiger partial charge is 0.355 e. The molecule has 0 unspecified atom stereocenters. The van der Waals surface area contributed by atoms with Gasteiger partial charge in [0.15, 0.2) is 0 Å². The Morgan fingerprint density at radius 2 is 2.44 bits per heavy atom. The number of amides is 1. The third-order valence-electron chi connectivity index (χ3n) is 2.89. The molecule has 88 valence electrons. The highest BCUT2D eigenvalue weighted by Crippen LogP contribution is 2.15. The molecule has 5 nitrogen and oxygen atoms in total. The molecule has 2 rings (SSSR count). The van der Waals surface area contributed by atoms with E-state index in [0.717, 1.165) is 37.6 Å². The van der Waals surface area contributed by atoms with Gasteiger partial charge < -0.3 is 15.2 Å². The summed E-state index contributed by atoms with van der Waals surface area (Å²) < 4.78 is 2.21. The van der Waals surface area contributed by atoms with Crippen molar-refractivity contribution in [2.45, 2.75) is 33.4 Å². The number of nitrogens with one attached hydrogen (secondary N) is 2. The monoisotopic (exact) mass is 222 g/mol. The van der Waals surface area contributed by atoms with E-state index >= 15 is 0 Å². The number of imidazole rings is 1. The van der Waals surface area contributed by atoms with E-state index in [1.54, 1.807) is 6.92 Å². The van der Waals surface area contributed by atoms with Crippen LogP contribution < -0.4 is 10.6 Å². The molecule has 1 aromatic heterocycles. The molecule has 0 aromatic carbocycles. The second-order valence-corrected chi connectivity index (χ2v) is 4.11. The van der Waals surface area contributed by atoms with Crippen LogP contribution in [0.4, 0.5) is 0 Å². The van der Waals surface area contributed by atoms with Crippen molar-refractivity contribution in [3.63, 3.8) is 0 Å². The topological polar surface area (TPSA) is 59.0 Å². The molecule has 2 N–H and O–H groups in total. The van der Waals surface area contributed by atoms with Crippen molar-refractivity contribution in [3.05, 3.63) is 17.2 Å². The molecule has 0 saturated heterocycles. The van der Waals surface area contributed by atoms with Gasteiger partial charge in [0, 0.05) is 45.2 Å². The van der Waals surface area contributed by atoms with Crippen LogP contribution >= 0.6 is 0 Å². The lowest BCUT2D eigenvalue weighted by molar-refractivity contribution is -0.118. The van der Waals surface area contributed by atoms with Gasteiger partial charge in [0.05, 0.1) is 5.69 Å². The average molecular weight is 222 g/mol. The van der Waals surface area contributed by atoms with E-state index < -0.39 is 0 Å². The molecule has 0 atom stereocenters. The van der Waals surface area contributed by atoms with Crippen molar-refractivity contribution in [1.29, 1.82) is 0 Å². The zero-order chi connectivity index (χ0) is 11.5. The first-order valence-electron chi connectivity index (χ1n) is 5.68. The summed E-state index contributed by atoms with van der Waals surface area (Å²) in [6.45, 7) is 6.92. The molecule has 1 aromatic rings. The average Bonchev–Trinajstić information content (AvgIpc) is 2.55. The van der Waals surface area contributed by atoms with Crippen LogP contribution in [-0.2, 0) is 24.3 Å².